The van der Waals surface area contributed by atoms with Gasteiger partial charge in [0.15, 0.2) is 5.76 Å². The number of carbonyl (C=O) groups is 1. The molecule has 2 N–H and O–H groups in total. The predicted octanol–water partition coefficient (Wildman–Crippen LogP) is 1.41. The zero-order chi connectivity index (χ0) is 14.8. The average molecular weight is 287 g/mol. The second-order valence-corrected chi connectivity index (χ2v) is 5.06. The first kappa shape index (κ1) is 13.4. The summed E-state index contributed by atoms with van der Waals surface area (Å²) in [6.45, 7) is 3.08. The summed E-state index contributed by atoms with van der Waals surface area (Å²) in [7, 11) is 0. The topological polar surface area (TPSA) is 87.0 Å². The van der Waals surface area contributed by atoms with E-state index in [1.807, 2.05) is 10.8 Å². The van der Waals surface area contributed by atoms with E-state index in [0.717, 1.165) is 13.0 Å². The van der Waals surface area contributed by atoms with Gasteiger partial charge in [-0.3, -0.25) is 4.79 Å². The fourth-order valence-electron chi connectivity index (χ4n) is 2.64. The van der Waals surface area contributed by atoms with Gasteiger partial charge in [-0.25, -0.2) is 9.97 Å². The van der Waals surface area contributed by atoms with Gasteiger partial charge in [-0.15, -0.1) is 0 Å². The van der Waals surface area contributed by atoms with E-state index < -0.39 is 0 Å². The normalized spacial score (nSPS) is 18.8. The molecule has 2 aromatic heterocycles. The van der Waals surface area contributed by atoms with Crippen LogP contribution in [0.15, 0.2) is 42.4 Å². The number of nitrogens with one attached hydrogen (secondary N) is 1. The molecule has 1 aliphatic rings. The summed E-state index contributed by atoms with van der Waals surface area (Å²) in [6, 6.07) is -0.310. The van der Waals surface area contributed by atoms with Gasteiger partial charge in [0.25, 0.3) is 5.91 Å². The minimum Gasteiger partial charge on any atom is -0.503 e. The molecule has 7 nitrogen and oxygen atoms in total. The maximum absolute atomic E-state index is 12.2. The van der Waals surface area contributed by atoms with E-state index in [1.54, 1.807) is 36.7 Å². The standard InChI is InChI=1S/C14H17N5O2/c1-10-11(13-16-3-4-17-13)19(14(21)12(10)20)7-2-6-18-8-5-15-9-18/h3-5,8-9,11,20H,2,6-7H2,1H3,(H,16,17). The zero-order valence-electron chi connectivity index (χ0n) is 11.7. The number of H-pyrrole nitrogens is 1. The maximum Gasteiger partial charge on any atom is 0.289 e. The van der Waals surface area contributed by atoms with Gasteiger partial charge >= 0.3 is 0 Å². The fourth-order valence-corrected chi connectivity index (χ4v) is 2.64. The number of imidazole rings is 2. The lowest BCUT2D eigenvalue weighted by atomic mass is 10.1. The highest BCUT2D eigenvalue weighted by Gasteiger charge is 2.39. The first-order chi connectivity index (χ1) is 10.2. The van der Waals surface area contributed by atoms with E-state index in [2.05, 4.69) is 15.0 Å². The lowest BCUT2D eigenvalue weighted by molar-refractivity contribution is -0.129. The van der Waals surface area contributed by atoms with Crippen molar-refractivity contribution < 1.29 is 9.90 Å². The van der Waals surface area contributed by atoms with Crippen LogP contribution >= 0.6 is 0 Å². The van der Waals surface area contributed by atoms with Crippen molar-refractivity contribution in [1.82, 2.24) is 24.4 Å². The molecule has 0 bridgehead atoms. The lowest BCUT2D eigenvalue weighted by Gasteiger charge is -2.24. The Kier molecular flexibility index (Phi) is 3.47. The molecule has 110 valence electrons. The van der Waals surface area contributed by atoms with Crippen LogP contribution < -0.4 is 0 Å². The predicted molar refractivity (Wildman–Crippen MR) is 75.2 cm³/mol. The van der Waals surface area contributed by atoms with Crippen molar-refractivity contribution in [3.63, 3.8) is 0 Å². The second-order valence-electron chi connectivity index (χ2n) is 5.06. The van der Waals surface area contributed by atoms with Crippen LogP contribution in [0.25, 0.3) is 0 Å². The van der Waals surface area contributed by atoms with Gasteiger partial charge in [0, 0.05) is 43.4 Å². The summed E-state index contributed by atoms with van der Waals surface area (Å²) in [5, 5.41) is 9.92. The molecule has 0 saturated carbocycles. The van der Waals surface area contributed by atoms with Crippen LogP contribution in [0.3, 0.4) is 0 Å². The Bertz CT molecular complexity index is 645. The molecule has 1 amide bonds. The van der Waals surface area contributed by atoms with Crippen LogP contribution in [-0.2, 0) is 11.3 Å². The maximum atomic E-state index is 12.2. The number of rotatable bonds is 5. The second kappa shape index (κ2) is 5.43. The molecule has 21 heavy (non-hydrogen) atoms. The first-order valence-corrected chi connectivity index (χ1v) is 6.84. The van der Waals surface area contributed by atoms with Crippen LogP contribution in [0.4, 0.5) is 0 Å². The Balaban J connectivity index is 1.72. The number of carbonyl (C=O) groups excluding carboxylic acids is 1. The molecule has 1 unspecified atom stereocenters. The van der Waals surface area contributed by atoms with Gasteiger partial charge in [0.05, 0.1) is 6.33 Å². The summed E-state index contributed by atoms with van der Waals surface area (Å²) in [6.07, 6.45) is 9.50. The third-order valence-electron chi connectivity index (χ3n) is 3.71. The summed E-state index contributed by atoms with van der Waals surface area (Å²) >= 11 is 0. The quantitative estimate of drug-likeness (QED) is 0.870. The van der Waals surface area contributed by atoms with Crippen molar-refractivity contribution in [2.24, 2.45) is 0 Å². The van der Waals surface area contributed by atoms with Crippen molar-refractivity contribution in [3.05, 3.63) is 48.3 Å². The number of hydrogen-bond donors (Lipinski definition) is 2. The Hall–Kier alpha value is -2.57. The van der Waals surface area contributed by atoms with Gasteiger partial charge in [-0.2, -0.15) is 0 Å². The molecule has 1 atom stereocenters. The summed E-state index contributed by atoms with van der Waals surface area (Å²) in [5.41, 5.74) is 0.637. The van der Waals surface area contributed by atoms with Crippen molar-refractivity contribution in [2.45, 2.75) is 25.9 Å². The summed E-state index contributed by atoms with van der Waals surface area (Å²) in [4.78, 5) is 25.0. The van der Waals surface area contributed by atoms with E-state index >= 15 is 0 Å². The highest BCUT2D eigenvalue weighted by Crippen LogP contribution is 2.34. The molecule has 7 heteroatoms. The highest BCUT2D eigenvalue weighted by atomic mass is 16.3. The Morgan fingerprint density at radius 1 is 1.38 bits per heavy atom. The van der Waals surface area contributed by atoms with Crippen molar-refractivity contribution in [3.8, 4) is 0 Å². The van der Waals surface area contributed by atoms with Gasteiger partial charge < -0.3 is 19.6 Å². The van der Waals surface area contributed by atoms with Crippen LogP contribution in [0.5, 0.6) is 0 Å². The van der Waals surface area contributed by atoms with Crippen molar-refractivity contribution in [1.29, 1.82) is 0 Å². The number of aliphatic hydroxyl groups is 1. The summed E-state index contributed by atoms with van der Waals surface area (Å²) < 4.78 is 1.96. The summed E-state index contributed by atoms with van der Waals surface area (Å²) in [5.74, 6) is 0.172. The monoisotopic (exact) mass is 287 g/mol. The van der Waals surface area contributed by atoms with E-state index in [4.69, 9.17) is 0 Å². The van der Waals surface area contributed by atoms with E-state index in [9.17, 15) is 9.90 Å². The first-order valence-electron chi connectivity index (χ1n) is 6.84. The molecule has 3 rings (SSSR count). The van der Waals surface area contributed by atoms with E-state index in [1.165, 1.54) is 0 Å². The zero-order valence-corrected chi connectivity index (χ0v) is 11.7. The number of aryl methyl sites for hydroxylation is 1. The molecule has 0 fully saturated rings. The molecule has 0 saturated heterocycles. The van der Waals surface area contributed by atoms with Crippen molar-refractivity contribution in [2.75, 3.05) is 6.54 Å². The van der Waals surface area contributed by atoms with Crippen LogP contribution in [0.2, 0.25) is 0 Å². The Morgan fingerprint density at radius 2 is 2.24 bits per heavy atom. The molecule has 0 radical (unpaired) electrons. The van der Waals surface area contributed by atoms with Crippen LogP contribution in [-0.4, -0.2) is 42.0 Å². The van der Waals surface area contributed by atoms with E-state index in [0.29, 0.717) is 17.9 Å². The number of hydrogen-bond acceptors (Lipinski definition) is 4. The average Bonchev–Trinajstić information content (AvgIpc) is 3.20. The minimum absolute atomic E-state index is 0.168. The molecule has 0 aromatic carbocycles. The van der Waals surface area contributed by atoms with Crippen LogP contribution in [0, 0.1) is 0 Å². The number of nitrogens with zero attached hydrogens (tertiary/aromatic N) is 4. The fraction of sp³-hybridized carbons (Fsp3) is 0.357. The van der Waals surface area contributed by atoms with E-state index in [-0.39, 0.29) is 17.7 Å². The van der Waals surface area contributed by atoms with Gasteiger partial charge in [0.1, 0.15) is 11.9 Å². The largest absolute Gasteiger partial charge is 0.503 e. The molecule has 1 aliphatic heterocycles. The number of amides is 1. The SMILES string of the molecule is CC1=C(O)C(=O)N(CCCn2ccnc2)C1c1ncc[nH]1. The molecular weight excluding hydrogens is 270 g/mol. The number of aliphatic hydroxyl groups excluding tert-OH is 1. The van der Waals surface area contributed by atoms with Gasteiger partial charge in [-0.05, 0) is 13.3 Å². The Labute approximate surface area is 121 Å². The molecule has 0 spiro atoms. The molecule has 3 heterocycles. The van der Waals surface area contributed by atoms with Crippen molar-refractivity contribution >= 4 is 5.91 Å². The third kappa shape index (κ3) is 2.42. The molecular formula is C14H17N5O2. The molecule has 0 aliphatic carbocycles. The molecule has 2 aromatic rings. The third-order valence-corrected chi connectivity index (χ3v) is 3.71. The highest BCUT2D eigenvalue weighted by molar-refractivity contribution is 5.95. The Morgan fingerprint density at radius 3 is 2.90 bits per heavy atom. The minimum atomic E-state index is -0.334. The number of aromatic nitrogens is 4. The number of aromatic amines is 1. The smallest absolute Gasteiger partial charge is 0.289 e. The van der Waals surface area contributed by atoms with Crippen LogP contribution in [0.1, 0.15) is 25.2 Å². The van der Waals surface area contributed by atoms with Gasteiger partial charge in [-0.1, -0.05) is 0 Å². The van der Waals surface area contributed by atoms with Gasteiger partial charge in [0.2, 0.25) is 0 Å². The lowest BCUT2D eigenvalue weighted by Crippen LogP contribution is -2.32.